The number of ether oxygens (including phenoxy) is 18. The van der Waals surface area contributed by atoms with Crippen LogP contribution in [0.2, 0.25) is 0 Å². The lowest BCUT2D eigenvalue weighted by Gasteiger charge is -2.71. The molecule has 43 heteroatoms. The Balaban J connectivity index is 0.767. The molecule has 13 aliphatic rings. The molecule has 8 aliphatic heterocycles. The number of rotatable bonds is 31. The van der Waals surface area contributed by atoms with Crippen LogP contribution < -0.4 is 0 Å². The molecule has 0 amide bonds. The lowest BCUT2D eigenvalue weighted by molar-refractivity contribution is -0.381. The number of allylic oxidation sites excluding steroid dienone is 4. The third kappa shape index (κ3) is 22.1. The Hall–Kier alpha value is -4.37. The summed E-state index contributed by atoms with van der Waals surface area (Å²) in [6, 6.07) is 0. The van der Waals surface area contributed by atoms with Crippen LogP contribution in [0.5, 0.6) is 0 Å². The molecule has 8 heterocycles. The minimum atomic E-state index is -2.28. The first-order valence-corrected chi connectivity index (χ1v) is 47.7. The number of hydrogen-bond acceptors (Lipinski definition) is 43. The van der Waals surface area contributed by atoms with Crippen molar-refractivity contribution in [1.29, 1.82) is 0 Å². The fourth-order valence-electron chi connectivity index (χ4n) is 23.4. The summed E-state index contributed by atoms with van der Waals surface area (Å²) >= 11 is 0. The molecule has 22 N–H and O–H groups in total. The molecule has 8 saturated heterocycles. The highest BCUT2D eigenvalue weighted by Crippen LogP contribution is 2.76. The van der Waals surface area contributed by atoms with Crippen LogP contribution in [0.3, 0.4) is 0 Å². The van der Waals surface area contributed by atoms with Crippen molar-refractivity contribution < 1.29 is 212 Å². The third-order valence-electron chi connectivity index (χ3n) is 32.4. The molecule has 12 fully saturated rings. The zero-order chi connectivity index (χ0) is 101. The first-order chi connectivity index (χ1) is 64.1. The molecule has 4 saturated carbocycles. The van der Waals surface area contributed by atoms with Crippen LogP contribution in [0.15, 0.2) is 60.3 Å². The van der Waals surface area contributed by atoms with E-state index >= 15 is 4.79 Å². The van der Waals surface area contributed by atoms with E-state index in [1.807, 2.05) is 0 Å². The van der Waals surface area contributed by atoms with Crippen LogP contribution in [-0.2, 0) is 99.6 Å². The molecule has 0 unspecified atom stereocenters. The summed E-state index contributed by atoms with van der Waals surface area (Å²) in [6.07, 6.45) is -54.9. The second kappa shape index (κ2) is 43.3. The van der Waals surface area contributed by atoms with E-state index in [9.17, 15) is 122 Å². The van der Waals surface area contributed by atoms with Crippen molar-refractivity contribution >= 4 is 17.9 Å². The molecular formula is C94H148O43. The standard InChI is InChI=1S/C94H148O43/c1-15-89(10,118)25-17-19-40(3)76(115)131-72-56(101)41(4)126-84(75(72)132-77(116)43(33-95)20-18-26-90(11,119)16-2)125-39-51-61(106)63(108)74(136-81-68(113)64(109)70(42(5)127-81)133-80-69(114)71(49(99)37-122-80)134-78-65(110)57(102)46(96)34-120-78)85(129-51)137-86(117)94-30-29-87(6,7)31-45(94)44-21-22-53-91(12)27-24-55(88(8,9)52(91)23-28-92(53,13)93(44,14)32-54(94)100)130-82-67(112)62(107)60(105)50(128-82)38-124-83-73(59(104)48(98)36-123-83)135-79-66(111)58(103)47(97)35-121-79/h15-16,19-21,41-42,45-75,78-85,95-114,118-119H,1-2,17-18,22-39H2,3-14H3/b40-19+,43-20+/t41-,42-,45-,46+,47+,48-,49+,50+,51+,52-,53+,54+,55-,56-,57-,58-,59-,60+,61+,62-,63-,64-,65+,66+,67+,68+,69+,70-,71-,72+,73+,74+,75+,78-,79-,80-,81-,82-,83-,84+,85-,89+,90-,91-,92+,93+,94+/m0/s1. The van der Waals surface area contributed by atoms with Crippen LogP contribution in [0.25, 0.3) is 0 Å². The predicted octanol–water partition coefficient (Wildman–Crippen LogP) is -3.75. The minimum absolute atomic E-state index is 0.00705. The van der Waals surface area contributed by atoms with Gasteiger partial charge in [0, 0.05) is 5.57 Å². The van der Waals surface area contributed by atoms with Gasteiger partial charge in [-0.2, -0.15) is 0 Å². The lowest BCUT2D eigenvalue weighted by atomic mass is 9.33. The van der Waals surface area contributed by atoms with Crippen LogP contribution in [0.4, 0.5) is 0 Å². The van der Waals surface area contributed by atoms with E-state index in [0.29, 0.717) is 44.9 Å². The van der Waals surface area contributed by atoms with Gasteiger partial charge < -0.3 is 198 Å². The van der Waals surface area contributed by atoms with Gasteiger partial charge in [0.2, 0.25) is 6.29 Å². The van der Waals surface area contributed by atoms with E-state index in [1.165, 1.54) is 58.9 Å². The van der Waals surface area contributed by atoms with Gasteiger partial charge in [-0.25, -0.2) is 9.59 Å². The summed E-state index contributed by atoms with van der Waals surface area (Å²) < 4.78 is 109. The summed E-state index contributed by atoms with van der Waals surface area (Å²) in [5, 5.41) is 248. The molecule has 0 aromatic carbocycles. The topological polar surface area (TPSA) is 662 Å². The number of fused-ring (bicyclic) bond motifs is 7. The van der Waals surface area contributed by atoms with Gasteiger partial charge in [0.1, 0.15) is 146 Å². The number of aliphatic hydroxyl groups is 22. The molecule has 0 radical (unpaired) electrons. The molecule has 0 aromatic rings. The van der Waals surface area contributed by atoms with Crippen LogP contribution in [0, 0.1) is 50.2 Å². The maximum absolute atomic E-state index is 16.6. The number of esters is 3. The van der Waals surface area contributed by atoms with Gasteiger partial charge >= 0.3 is 17.9 Å². The van der Waals surface area contributed by atoms with Gasteiger partial charge in [0.05, 0.1) is 87.4 Å². The Labute approximate surface area is 794 Å². The van der Waals surface area contributed by atoms with E-state index in [4.69, 9.17) is 85.3 Å². The smallest absolute Gasteiger partial charge is 0.336 e. The Kier molecular flexibility index (Phi) is 34.8. The van der Waals surface area contributed by atoms with Crippen molar-refractivity contribution in [1.82, 2.24) is 0 Å². The van der Waals surface area contributed by atoms with Gasteiger partial charge in [0.15, 0.2) is 62.3 Å². The highest BCUT2D eigenvalue weighted by atomic mass is 16.8. The molecule has 0 spiro atoms. The summed E-state index contributed by atoms with van der Waals surface area (Å²) in [7, 11) is 0. The fraction of sp³-hybridized carbons (Fsp3) is 0.862. The first-order valence-electron chi connectivity index (χ1n) is 47.7. The van der Waals surface area contributed by atoms with Crippen LogP contribution >= 0.6 is 0 Å². The zero-order valence-corrected chi connectivity index (χ0v) is 79.5. The van der Waals surface area contributed by atoms with Gasteiger partial charge in [-0.1, -0.05) is 84.4 Å². The maximum Gasteiger partial charge on any atom is 0.336 e. The number of carbonyl (C=O) groups is 3. The molecular weight excluding hydrogens is 1820 g/mol. The quantitative estimate of drug-likeness (QED) is 0.0104. The third-order valence-corrected chi connectivity index (χ3v) is 32.4. The van der Waals surface area contributed by atoms with Crippen LogP contribution in [-0.4, -0.2) is 421 Å². The summed E-state index contributed by atoms with van der Waals surface area (Å²) in [4.78, 5) is 45.0. The summed E-state index contributed by atoms with van der Waals surface area (Å²) in [5.41, 5.74) is -7.15. The highest BCUT2D eigenvalue weighted by molar-refractivity contribution is 5.89. The molecule has 13 rings (SSSR count). The monoisotopic (exact) mass is 1960 g/mol. The second-order valence-corrected chi connectivity index (χ2v) is 42.6. The van der Waals surface area contributed by atoms with Gasteiger partial charge in [-0.3, -0.25) is 4.79 Å². The van der Waals surface area contributed by atoms with E-state index in [0.717, 1.165) is 5.57 Å². The molecule has 47 atom stereocenters. The van der Waals surface area contributed by atoms with Crippen molar-refractivity contribution in [3.8, 4) is 0 Å². The summed E-state index contributed by atoms with van der Waals surface area (Å²) in [5.74, 6) is -4.27. The van der Waals surface area contributed by atoms with Crippen LogP contribution in [0.1, 0.15) is 167 Å². The van der Waals surface area contributed by atoms with Gasteiger partial charge in [-0.15, -0.1) is 13.2 Å². The highest BCUT2D eigenvalue weighted by Gasteiger charge is 2.73. The number of hydrogen-bond donors (Lipinski definition) is 22. The van der Waals surface area contributed by atoms with Crippen molar-refractivity contribution in [2.75, 3.05) is 46.2 Å². The lowest BCUT2D eigenvalue weighted by Crippen LogP contribution is -2.69. The van der Waals surface area contributed by atoms with E-state index < -0.39 is 347 Å². The Morgan fingerprint density at radius 3 is 1.55 bits per heavy atom. The molecule has 0 bridgehead atoms. The Morgan fingerprint density at radius 1 is 0.460 bits per heavy atom. The van der Waals surface area contributed by atoms with Crippen molar-refractivity contribution in [3.05, 3.63) is 60.3 Å². The average Bonchev–Trinajstić information content (AvgIpc) is 0.668. The minimum Gasteiger partial charge on any atom is -0.452 e. The van der Waals surface area contributed by atoms with Crippen molar-refractivity contribution in [3.63, 3.8) is 0 Å². The number of aliphatic hydroxyl groups excluding tert-OH is 20. The molecule has 137 heavy (non-hydrogen) atoms. The van der Waals surface area contributed by atoms with E-state index in [1.54, 1.807) is 0 Å². The molecule has 43 nitrogen and oxygen atoms in total. The number of carbonyl (C=O) groups excluding carboxylic acids is 3. The Morgan fingerprint density at radius 2 is 0.949 bits per heavy atom. The zero-order valence-electron chi connectivity index (χ0n) is 79.5. The predicted molar refractivity (Wildman–Crippen MR) is 465 cm³/mol. The normalized spacial score (nSPS) is 48.3. The Bertz CT molecular complexity index is 4190. The van der Waals surface area contributed by atoms with E-state index in [2.05, 4.69) is 67.7 Å². The van der Waals surface area contributed by atoms with E-state index in [-0.39, 0.29) is 61.5 Å². The largest absolute Gasteiger partial charge is 0.452 e. The fourth-order valence-corrected chi connectivity index (χ4v) is 23.4. The SMILES string of the molecule is C=C[C@](C)(O)CC/C=C(\CO)C(=O)O[C@H]1[C@H](OC[C@H]2O[C@@H](OC(=O)[C@]34CCC(C)(C)C[C@H]3C3=CC[C@@H]5[C@@]6(C)CC[C@H](O[C@@H]7O[C@H](CO[C@@H]8OC[C@H](O)[C@H](O)[C@H]8O[C@@H]8OC[C@@H](O)[C@H](O)[C@H]8O)[C@@H](O)[C@H](O)[C@H]7O)C(C)(C)[C@@H]6CC[C@@]5(C)[C@]3(C)C[C@H]4O)[C@H](O[C@@H]3O[C@@H](C)[C@H](O[C@@H]4OC[C@@H](O)[C@H](O[C@@H]5OC[C@@H](O)[C@H](O)[C@H]5O)[C@H]4O)[C@@H](O)[C@H]3O)[C@@H](O)[C@@H]2O)O[C@@H](C)[C@H](O)[C@H]1OC(=O)/C(C)=C/CC[C@](C)(O)C=C. The van der Waals surface area contributed by atoms with Crippen molar-refractivity contribution in [2.24, 2.45) is 50.2 Å². The van der Waals surface area contributed by atoms with Crippen molar-refractivity contribution in [2.45, 2.75) is 411 Å². The van der Waals surface area contributed by atoms with Gasteiger partial charge in [0.25, 0.3) is 0 Å². The first kappa shape index (κ1) is 110. The van der Waals surface area contributed by atoms with Gasteiger partial charge in [-0.05, 0) is 163 Å². The average molecular weight is 1970 g/mol. The molecule has 5 aliphatic carbocycles. The maximum atomic E-state index is 16.6. The second-order valence-electron chi connectivity index (χ2n) is 42.6. The molecule has 0 aromatic heterocycles. The molecule has 782 valence electrons. The summed E-state index contributed by atoms with van der Waals surface area (Å²) in [6.45, 7) is 24.8.